The Morgan fingerprint density at radius 1 is 1.13 bits per heavy atom. The van der Waals surface area contributed by atoms with Crippen LogP contribution in [0.1, 0.15) is 16.1 Å². The molecule has 5 heteroatoms. The average molecular weight is 391 g/mol. The van der Waals surface area contributed by atoms with Crippen molar-refractivity contribution in [3.63, 3.8) is 0 Å². The van der Waals surface area contributed by atoms with Gasteiger partial charge in [0.2, 0.25) is 0 Å². The van der Waals surface area contributed by atoms with E-state index in [9.17, 15) is 4.79 Å². The zero-order valence-electron chi connectivity index (χ0n) is 12.3. The van der Waals surface area contributed by atoms with Crippen molar-refractivity contribution in [2.75, 3.05) is 5.32 Å². The zero-order chi connectivity index (χ0) is 16.4. The predicted molar refractivity (Wildman–Crippen MR) is 96.0 cm³/mol. The first-order valence-corrected chi connectivity index (χ1v) is 8.13. The van der Waals surface area contributed by atoms with Gasteiger partial charge in [-0.15, -0.1) is 0 Å². The van der Waals surface area contributed by atoms with Gasteiger partial charge in [0.05, 0.1) is 0 Å². The van der Waals surface area contributed by atoms with E-state index in [2.05, 4.69) is 21.2 Å². The fraction of sp³-hybridized carbons (Fsp3) is 0.0556. The first-order chi connectivity index (χ1) is 11.0. The molecule has 0 fully saturated rings. The van der Waals surface area contributed by atoms with Crippen molar-refractivity contribution >= 4 is 39.1 Å². The van der Waals surface area contributed by atoms with Crippen LogP contribution in [0.2, 0.25) is 5.02 Å². The van der Waals surface area contributed by atoms with Gasteiger partial charge < -0.3 is 9.73 Å². The van der Waals surface area contributed by atoms with Crippen molar-refractivity contribution < 1.29 is 9.21 Å². The predicted octanol–water partition coefficient (Wildman–Crippen LogP) is 5.92. The van der Waals surface area contributed by atoms with Gasteiger partial charge in [-0.2, -0.15) is 0 Å². The molecule has 0 unspecified atom stereocenters. The summed E-state index contributed by atoms with van der Waals surface area (Å²) in [7, 11) is 0. The summed E-state index contributed by atoms with van der Waals surface area (Å²) >= 11 is 9.50. The van der Waals surface area contributed by atoms with Gasteiger partial charge in [-0.3, -0.25) is 4.79 Å². The summed E-state index contributed by atoms with van der Waals surface area (Å²) in [5.74, 6) is 0.551. The maximum Gasteiger partial charge on any atom is 0.291 e. The zero-order valence-corrected chi connectivity index (χ0v) is 14.6. The quantitative estimate of drug-likeness (QED) is 0.603. The molecule has 1 heterocycles. The van der Waals surface area contributed by atoms with Gasteiger partial charge in [-0.1, -0.05) is 45.7 Å². The largest absolute Gasteiger partial charge is 0.451 e. The molecule has 1 N–H and O–H groups in total. The third kappa shape index (κ3) is 3.66. The van der Waals surface area contributed by atoms with Crippen LogP contribution in [0.15, 0.2) is 63.5 Å². The summed E-state index contributed by atoms with van der Waals surface area (Å²) in [6.07, 6.45) is 0. The lowest BCUT2D eigenvalue weighted by Crippen LogP contribution is -2.10. The van der Waals surface area contributed by atoms with Crippen LogP contribution in [0.5, 0.6) is 0 Å². The van der Waals surface area contributed by atoms with Gasteiger partial charge in [0.1, 0.15) is 5.76 Å². The van der Waals surface area contributed by atoms with E-state index in [0.717, 1.165) is 15.6 Å². The third-order valence-electron chi connectivity index (χ3n) is 3.37. The van der Waals surface area contributed by atoms with Crippen molar-refractivity contribution in [3.8, 4) is 11.3 Å². The Morgan fingerprint density at radius 3 is 2.70 bits per heavy atom. The molecule has 0 saturated carbocycles. The molecule has 2 aromatic carbocycles. The molecule has 0 aliphatic rings. The Morgan fingerprint density at radius 2 is 1.96 bits per heavy atom. The van der Waals surface area contributed by atoms with Crippen LogP contribution in [0.3, 0.4) is 0 Å². The minimum atomic E-state index is -0.299. The van der Waals surface area contributed by atoms with Crippen molar-refractivity contribution in [2.45, 2.75) is 6.92 Å². The molecule has 1 amide bonds. The van der Waals surface area contributed by atoms with E-state index >= 15 is 0 Å². The molecule has 0 aliphatic carbocycles. The average Bonchev–Trinajstić information content (AvgIpc) is 3.00. The Bertz CT molecular complexity index is 873. The van der Waals surface area contributed by atoms with E-state index in [0.29, 0.717) is 16.5 Å². The molecule has 3 nitrogen and oxygen atoms in total. The van der Waals surface area contributed by atoms with Crippen LogP contribution >= 0.6 is 27.5 Å². The van der Waals surface area contributed by atoms with Gasteiger partial charge in [-0.25, -0.2) is 0 Å². The fourth-order valence-corrected chi connectivity index (χ4v) is 2.70. The van der Waals surface area contributed by atoms with Gasteiger partial charge in [-0.05, 0) is 48.9 Å². The lowest BCUT2D eigenvalue weighted by Gasteiger charge is -2.04. The summed E-state index contributed by atoms with van der Waals surface area (Å²) in [4.78, 5) is 12.2. The number of rotatable bonds is 3. The maximum atomic E-state index is 12.2. The molecule has 1 aromatic heterocycles. The molecule has 3 aromatic rings. The molecule has 0 saturated heterocycles. The monoisotopic (exact) mass is 389 g/mol. The van der Waals surface area contributed by atoms with Gasteiger partial charge in [0.15, 0.2) is 5.76 Å². The Labute approximate surface area is 147 Å². The number of benzene rings is 2. The molecule has 3 rings (SSSR count). The number of furan rings is 1. The second kappa shape index (κ2) is 6.60. The highest BCUT2D eigenvalue weighted by molar-refractivity contribution is 9.10. The summed E-state index contributed by atoms with van der Waals surface area (Å²) < 4.78 is 6.54. The lowest BCUT2D eigenvalue weighted by atomic mass is 10.1. The summed E-state index contributed by atoms with van der Waals surface area (Å²) in [6, 6.07) is 16.4. The Kier molecular flexibility index (Phi) is 4.55. The molecule has 116 valence electrons. The molecular formula is C18H13BrClNO2. The third-order valence-corrected chi connectivity index (χ3v) is 4.27. The number of nitrogens with one attached hydrogen (secondary N) is 1. The second-order valence-electron chi connectivity index (χ2n) is 5.09. The van der Waals surface area contributed by atoms with Crippen LogP contribution in [-0.4, -0.2) is 5.91 Å². The van der Waals surface area contributed by atoms with Gasteiger partial charge in [0, 0.05) is 20.7 Å². The summed E-state index contributed by atoms with van der Waals surface area (Å²) in [5, 5.41) is 3.46. The fourth-order valence-electron chi connectivity index (χ4n) is 2.12. The normalized spacial score (nSPS) is 10.6. The summed E-state index contributed by atoms with van der Waals surface area (Å²) in [6.45, 7) is 1.94. The highest BCUT2D eigenvalue weighted by atomic mass is 79.9. The van der Waals surface area contributed by atoms with Crippen LogP contribution in [0.25, 0.3) is 11.3 Å². The number of carbonyl (C=O) groups is 1. The smallest absolute Gasteiger partial charge is 0.291 e. The van der Waals surface area contributed by atoms with Gasteiger partial charge >= 0.3 is 0 Å². The SMILES string of the molecule is Cc1ccc(-c2ccc(C(=O)Nc3cccc(Br)c3)o2)cc1Cl. The lowest BCUT2D eigenvalue weighted by molar-refractivity contribution is 0.0997. The van der Waals surface area contributed by atoms with Crippen molar-refractivity contribution in [1.29, 1.82) is 0 Å². The number of amides is 1. The first-order valence-electron chi connectivity index (χ1n) is 6.96. The number of halogens is 2. The van der Waals surface area contributed by atoms with E-state index in [1.807, 2.05) is 49.4 Å². The number of aryl methyl sites for hydroxylation is 1. The molecule has 0 bridgehead atoms. The Balaban J connectivity index is 1.81. The second-order valence-corrected chi connectivity index (χ2v) is 6.42. The maximum absolute atomic E-state index is 12.2. The van der Waals surface area contributed by atoms with E-state index in [-0.39, 0.29) is 11.7 Å². The number of hydrogen-bond acceptors (Lipinski definition) is 2. The number of carbonyl (C=O) groups excluding carboxylic acids is 1. The van der Waals surface area contributed by atoms with E-state index < -0.39 is 0 Å². The standard InChI is InChI=1S/C18H13BrClNO2/c1-11-5-6-12(9-15(11)20)16-7-8-17(23-16)18(22)21-14-4-2-3-13(19)10-14/h2-10H,1H3,(H,21,22). The van der Waals surface area contributed by atoms with E-state index in [1.54, 1.807) is 12.1 Å². The van der Waals surface area contributed by atoms with Crippen LogP contribution in [-0.2, 0) is 0 Å². The van der Waals surface area contributed by atoms with Crippen LogP contribution in [0.4, 0.5) is 5.69 Å². The molecule has 23 heavy (non-hydrogen) atoms. The minimum absolute atomic E-state index is 0.247. The molecule has 0 atom stereocenters. The van der Waals surface area contributed by atoms with Crippen molar-refractivity contribution in [1.82, 2.24) is 0 Å². The van der Waals surface area contributed by atoms with Crippen LogP contribution < -0.4 is 5.32 Å². The van der Waals surface area contributed by atoms with Crippen molar-refractivity contribution in [2.24, 2.45) is 0 Å². The first kappa shape index (κ1) is 15.8. The van der Waals surface area contributed by atoms with E-state index in [1.165, 1.54) is 0 Å². The van der Waals surface area contributed by atoms with Gasteiger partial charge in [0.25, 0.3) is 5.91 Å². The highest BCUT2D eigenvalue weighted by Crippen LogP contribution is 2.27. The number of hydrogen-bond donors (Lipinski definition) is 1. The highest BCUT2D eigenvalue weighted by Gasteiger charge is 2.13. The minimum Gasteiger partial charge on any atom is -0.451 e. The Hall–Kier alpha value is -2.04. The summed E-state index contributed by atoms with van der Waals surface area (Å²) in [5.41, 5.74) is 2.53. The van der Waals surface area contributed by atoms with Crippen LogP contribution in [0, 0.1) is 6.92 Å². The van der Waals surface area contributed by atoms with Crippen molar-refractivity contribution in [3.05, 3.63) is 75.4 Å². The molecule has 0 spiro atoms. The molecule has 0 aliphatic heterocycles. The molecule has 0 radical (unpaired) electrons. The molecular weight excluding hydrogens is 378 g/mol. The van der Waals surface area contributed by atoms with E-state index in [4.69, 9.17) is 16.0 Å². The topological polar surface area (TPSA) is 42.2 Å². The number of anilines is 1.